The molecular weight excluding hydrogens is 419 g/mol. The predicted octanol–water partition coefficient (Wildman–Crippen LogP) is 2.45. The van der Waals surface area contributed by atoms with Crippen LogP contribution in [0.3, 0.4) is 0 Å². The van der Waals surface area contributed by atoms with Crippen molar-refractivity contribution in [2.45, 2.75) is 63.0 Å². The first-order valence-electron chi connectivity index (χ1n) is 11.0. The minimum absolute atomic E-state index is 0.0133. The van der Waals surface area contributed by atoms with Crippen LogP contribution in [0.4, 0.5) is 4.39 Å². The van der Waals surface area contributed by atoms with Gasteiger partial charge in [-0.25, -0.2) is 4.39 Å². The van der Waals surface area contributed by atoms with Gasteiger partial charge in [-0.1, -0.05) is 28.9 Å². The SMILES string of the molecule is CO[C@@H]1C[C@H]2[C@@H]3CCC4=CC(=NO)C=C[C@]4(C)[C@@]3(F)[C@@H](O)C[C@]2(C)[C@@]1(OC)/C(CO)=N/O. The maximum absolute atomic E-state index is 17.3. The van der Waals surface area contributed by atoms with Gasteiger partial charge in [-0.05, 0) is 50.7 Å². The van der Waals surface area contributed by atoms with Gasteiger partial charge in [0.2, 0.25) is 0 Å². The summed E-state index contributed by atoms with van der Waals surface area (Å²) < 4.78 is 29.0. The first-order chi connectivity index (χ1) is 15.1. The van der Waals surface area contributed by atoms with Crippen LogP contribution in [0.25, 0.3) is 0 Å². The number of halogens is 1. The first-order valence-corrected chi connectivity index (χ1v) is 11.0. The number of nitrogens with zero attached hydrogens (tertiary/aromatic N) is 2. The molecule has 3 saturated carbocycles. The van der Waals surface area contributed by atoms with Crippen LogP contribution in [-0.4, -0.2) is 76.4 Å². The first kappa shape index (κ1) is 23.4. The number of methoxy groups -OCH3 is 2. The maximum atomic E-state index is 17.3. The number of oxime groups is 2. The zero-order valence-corrected chi connectivity index (χ0v) is 19.0. The lowest BCUT2D eigenvalue weighted by atomic mass is 9.44. The van der Waals surface area contributed by atoms with E-state index in [4.69, 9.17) is 9.47 Å². The minimum Gasteiger partial charge on any atom is -0.411 e. The molecule has 8 nitrogen and oxygen atoms in total. The van der Waals surface area contributed by atoms with E-state index < -0.39 is 46.8 Å². The molecule has 0 amide bonds. The smallest absolute Gasteiger partial charge is 0.152 e. The van der Waals surface area contributed by atoms with E-state index in [0.29, 0.717) is 25.0 Å². The van der Waals surface area contributed by atoms with Crippen molar-refractivity contribution in [2.75, 3.05) is 20.8 Å². The highest BCUT2D eigenvalue weighted by molar-refractivity contribution is 6.05. The molecule has 0 aliphatic heterocycles. The van der Waals surface area contributed by atoms with E-state index in [1.807, 2.05) is 6.92 Å². The van der Waals surface area contributed by atoms with Gasteiger partial charge in [-0.15, -0.1) is 0 Å². The number of hydrogen-bond donors (Lipinski definition) is 4. The molecule has 0 aromatic heterocycles. The van der Waals surface area contributed by atoms with E-state index in [2.05, 4.69) is 10.3 Å². The van der Waals surface area contributed by atoms with Gasteiger partial charge >= 0.3 is 0 Å². The lowest BCUT2D eigenvalue weighted by Crippen LogP contribution is -2.70. The van der Waals surface area contributed by atoms with E-state index in [-0.39, 0.29) is 18.1 Å². The average Bonchev–Trinajstić information content (AvgIpc) is 3.03. The summed E-state index contributed by atoms with van der Waals surface area (Å²) in [6, 6.07) is 0. The Morgan fingerprint density at radius 2 is 1.97 bits per heavy atom. The molecule has 0 bridgehead atoms. The lowest BCUT2D eigenvalue weighted by Gasteiger charge is -2.63. The molecule has 4 rings (SSSR count). The third kappa shape index (κ3) is 2.51. The zero-order chi connectivity index (χ0) is 23.5. The van der Waals surface area contributed by atoms with Crippen LogP contribution in [0, 0.1) is 22.7 Å². The van der Waals surface area contributed by atoms with Gasteiger partial charge < -0.3 is 30.1 Å². The second kappa shape index (κ2) is 7.62. The van der Waals surface area contributed by atoms with Crippen LogP contribution < -0.4 is 0 Å². The molecule has 0 aromatic rings. The monoisotopic (exact) mass is 452 g/mol. The van der Waals surface area contributed by atoms with E-state index in [1.165, 1.54) is 14.2 Å². The summed E-state index contributed by atoms with van der Waals surface area (Å²) in [7, 11) is 2.99. The molecule has 4 aliphatic rings. The van der Waals surface area contributed by atoms with Crippen molar-refractivity contribution >= 4 is 11.4 Å². The van der Waals surface area contributed by atoms with Crippen LogP contribution in [-0.2, 0) is 9.47 Å². The second-order valence-corrected chi connectivity index (χ2v) is 9.99. The Kier molecular flexibility index (Phi) is 5.56. The van der Waals surface area contributed by atoms with Crippen LogP contribution in [0.1, 0.15) is 39.5 Å². The third-order valence-corrected chi connectivity index (χ3v) is 9.23. The number of aliphatic hydroxyl groups is 2. The molecule has 0 unspecified atom stereocenters. The molecule has 8 atom stereocenters. The van der Waals surface area contributed by atoms with Gasteiger partial charge in [-0.2, -0.15) is 0 Å². The molecule has 0 spiro atoms. The summed E-state index contributed by atoms with van der Waals surface area (Å²) in [6.07, 6.45) is 4.61. The van der Waals surface area contributed by atoms with Crippen molar-refractivity contribution in [1.29, 1.82) is 0 Å². The van der Waals surface area contributed by atoms with Crippen LogP contribution in [0.2, 0.25) is 0 Å². The third-order valence-electron chi connectivity index (χ3n) is 9.23. The minimum atomic E-state index is -1.96. The van der Waals surface area contributed by atoms with Crippen molar-refractivity contribution in [3.05, 3.63) is 23.8 Å². The van der Waals surface area contributed by atoms with Crippen molar-refractivity contribution in [3.63, 3.8) is 0 Å². The number of hydrogen-bond acceptors (Lipinski definition) is 8. The van der Waals surface area contributed by atoms with E-state index in [1.54, 1.807) is 25.2 Å². The highest BCUT2D eigenvalue weighted by Crippen LogP contribution is 2.70. The summed E-state index contributed by atoms with van der Waals surface area (Å²) in [5.41, 5.74) is -4.01. The normalized spacial score (nSPS) is 49.4. The Bertz CT molecular complexity index is 905. The number of aliphatic hydroxyl groups excluding tert-OH is 2. The van der Waals surface area contributed by atoms with Crippen LogP contribution in [0.15, 0.2) is 34.1 Å². The maximum Gasteiger partial charge on any atom is 0.152 e. The van der Waals surface area contributed by atoms with Gasteiger partial charge in [0.15, 0.2) is 5.67 Å². The van der Waals surface area contributed by atoms with Gasteiger partial charge in [-0.3, -0.25) is 0 Å². The highest BCUT2D eigenvalue weighted by Gasteiger charge is 2.76. The average molecular weight is 453 g/mol. The molecule has 0 heterocycles. The molecule has 0 saturated heterocycles. The van der Waals surface area contributed by atoms with E-state index in [0.717, 1.165) is 5.57 Å². The second-order valence-electron chi connectivity index (χ2n) is 9.99. The number of rotatable bonds is 4. The Hall–Kier alpha value is -1.81. The summed E-state index contributed by atoms with van der Waals surface area (Å²) >= 11 is 0. The fourth-order valence-corrected chi connectivity index (χ4v) is 7.74. The summed E-state index contributed by atoms with van der Waals surface area (Å²) in [4.78, 5) is 0. The molecule has 3 fully saturated rings. The number of alkyl halides is 1. The summed E-state index contributed by atoms with van der Waals surface area (Å²) in [5.74, 6) is -0.784. The Morgan fingerprint density at radius 3 is 2.53 bits per heavy atom. The van der Waals surface area contributed by atoms with Crippen molar-refractivity contribution in [1.82, 2.24) is 0 Å². The van der Waals surface area contributed by atoms with Crippen molar-refractivity contribution < 1.29 is 34.5 Å². The summed E-state index contributed by atoms with van der Waals surface area (Å²) in [5, 5.41) is 46.9. The van der Waals surface area contributed by atoms with Crippen LogP contribution in [0.5, 0.6) is 0 Å². The van der Waals surface area contributed by atoms with E-state index in [9.17, 15) is 20.6 Å². The molecular formula is C23H33FN2O6. The molecule has 32 heavy (non-hydrogen) atoms. The van der Waals surface area contributed by atoms with Gasteiger partial charge in [0.1, 0.15) is 17.0 Å². The fourth-order valence-electron chi connectivity index (χ4n) is 7.74. The quantitative estimate of drug-likeness (QED) is 0.295. The largest absolute Gasteiger partial charge is 0.411 e. The Balaban J connectivity index is 1.87. The number of allylic oxidation sites excluding steroid dienone is 4. The van der Waals surface area contributed by atoms with E-state index >= 15 is 4.39 Å². The Labute approximate surface area is 187 Å². The topological polar surface area (TPSA) is 124 Å². The highest BCUT2D eigenvalue weighted by atomic mass is 19.1. The predicted molar refractivity (Wildman–Crippen MR) is 115 cm³/mol. The van der Waals surface area contributed by atoms with Gasteiger partial charge in [0, 0.05) is 31.0 Å². The zero-order valence-electron chi connectivity index (χ0n) is 19.0. The Morgan fingerprint density at radius 1 is 1.25 bits per heavy atom. The van der Waals surface area contributed by atoms with Crippen LogP contribution >= 0.6 is 0 Å². The summed E-state index contributed by atoms with van der Waals surface area (Å²) in [6.45, 7) is 3.15. The number of fused-ring (bicyclic) bond motifs is 5. The van der Waals surface area contributed by atoms with Crippen molar-refractivity contribution in [2.24, 2.45) is 33.0 Å². The van der Waals surface area contributed by atoms with Gasteiger partial charge in [0.25, 0.3) is 0 Å². The fraction of sp³-hybridized carbons (Fsp3) is 0.739. The van der Waals surface area contributed by atoms with Crippen molar-refractivity contribution in [3.8, 4) is 0 Å². The molecule has 0 radical (unpaired) electrons. The standard InChI is InChI=1S/C23H33FN2O6/c1-20-8-7-14(25-29)9-13(20)5-6-15-16-10-19(31-3)23(32-4,17(12-27)26-30)21(16,2)11-18(28)22(15,20)24/h7-9,15-16,18-19,27-30H,5-6,10-12H2,1-4H3/b25-14?,26-17+/t15-,16-,18-,19+,20-,21-,22-,23+/m0/s1. The lowest BCUT2D eigenvalue weighted by molar-refractivity contribution is -0.215. The number of ether oxygens (including phenoxy) is 2. The molecule has 4 aliphatic carbocycles. The molecule has 9 heteroatoms. The molecule has 4 N–H and O–H groups in total. The molecule has 0 aromatic carbocycles. The molecule has 178 valence electrons. The van der Waals surface area contributed by atoms with Gasteiger partial charge in [0.05, 0.1) is 18.8 Å².